The Balaban J connectivity index is 2.82. The molecule has 1 heterocycles. The van der Waals surface area contributed by atoms with Gasteiger partial charge in [-0.05, 0) is 19.1 Å². The highest BCUT2D eigenvalue weighted by Crippen LogP contribution is 2.15. The first-order valence-corrected chi connectivity index (χ1v) is 3.50. The van der Waals surface area contributed by atoms with Crippen LogP contribution in [0.1, 0.15) is 5.56 Å². The summed E-state index contributed by atoms with van der Waals surface area (Å²) in [4.78, 5) is 2.62. The number of hydrogen-bond acceptors (Lipinski definition) is 0. The van der Waals surface area contributed by atoms with Crippen molar-refractivity contribution >= 4 is 10.9 Å². The molecule has 2 rings (SSSR count). The molecule has 0 aliphatic rings. The van der Waals surface area contributed by atoms with Crippen LogP contribution < -0.4 is 0 Å². The lowest BCUT2D eigenvalue weighted by atomic mass is 10.2. The van der Waals surface area contributed by atoms with Crippen molar-refractivity contribution < 1.29 is 4.39 Å². The largest absolute Gasteiger partial charge is 0.331 e. The third-order valence-electron chi connectivity index (χ3n) is 1.74. The van der Waals surface area contributed by atoms with E-state index in [4.69, 9.17) is 0 Å². The van der Waals surface area contributed by atoms with Crippen LogP contribution in [0.15, 0.2) is 24.3 Å². The number of aryl methyl sites for hydroxylation is 1. The first kappa shape index (κ1) is 6.40. The van der Waals surface area contributed by atoms with E-state index in [1.165, 1.54) is 6.07 Å². The van der Waals surface area contributed by atoms with E-state index in [0.717, 1.165) is 16.5 Å². The van der Waals surface area contributed by atoms with E-state index in [1.54, 1.807) is 0 Å². The van der Waals surface area contributed by atoms with Crippen molar-refractivity contribution in [1.82, 2.24) is 4.98 Å². The fourth-order valence-corrected chi connectivity index (χ4v) is 1.22. The van der Waals surface area contributed by atoms with Crippen molar-refractivity contribution in [1.29, 1.82) is 0 Å². The normalized spacial score (nSPS) is 10.7. The average molecular weight is 149 g/mol. The Hall–Kier alpha value is -1.31. The lowest BCUT2D eigenvalue weighted by Crippen LogP contribution is -1.70. The summed E-state index contributed by atoms with van der Waals surface area (Å²) >= 11 is 0. The van der Waals surface area contributed by atoms with Crippen LogP contribution in [-0.2, 0) is 0 Å². The molecule has 2 heteroatoms. The number of rotatable bonds is 0. The van der Waals surface area contributed by atoms with Crippen molar-refractivity contribution in [2.45, 2.75) is 6.92 Å². The zero-order valence-corrected chi connectivity index (χ0v) is 6.19. The molecule has 11 heavy (non-hydrogen) atoms. The van der Waals surface area contributed by atoms with Crippen molar-refractivity contribution in [3.05, 3.63) is 35.8 Å². The van der Waals surface area contributed by atoms with Crippen LogP contribution in [0.3, 0.4) is 0 Å². The molecule has 0 spiro atoms. The third kappa shape index (κ3) is 1.00. The van der Waals surface area contributed by atoms with Gasteiger partial charge in [0.25, 0.3) is 0 Å². The quantitative estimate of drug-likeness (QED) is 0.592. The molecule has 1 aromatic heterocycles. The number of halogens is 1. The lowest BCUT2D eigenvalue weighted by molar-refractivity contribution is 0.595. The number of nitrogens with one attached hydrogen (secondary N) is 1. The molecule has 1 aromatic carbocycles. The molecule has 0 amide bonds. The van der Waals surface area contributed by atoms with E-state index in [9.17, 15) is 4.39 Å². The van der Waals surface area contributed by atoms with Crippen molar-refractivity contribution in [3.63, 3.8) is 0 Å². The van der Waals surface area contributed by atoms with Gasteiger partial charge >= 0.3 is 0 Å². The van der Waals surface area contributed by atoms with E-state index in [0.29, 0.717) is 0 Å². The number of aromatic amines is 1. The van der Waals surface area contributed by atoms with Gasteiger partial charge in [-0.3, -0.25) is 0 Å². The molecule has 0 aliphatic carbocycles. The summed E-state index contributed by atoms with van der Waals surface area (Å²) in [6.45, 7) is 1.99. The van der Waals surface area contributed by atoms with Crippen LogP contribution in [0, 0.1) is 12.9 Å². The Morgan fingerprint density at radius 2 is 2.09 bits per heavy atom. The topological polar surface area (TPSA) is 15.8 Å². The smallest absolute Gasteiger partial charge is 0.192 e. The van der Waals surface area contributed by atoms with Gasteiger partial charge in [-0.15, -0.1) is 0 Å². The maximum atomic E-state index is 12.6. The van der Waals surface area contributed by atoms with Crippen LogP contribution in [0.25, 0.3) is 10.9 Å². The fraction of sp³-hybridized carbons (Fsp3) is 0.111. The Labute approximate surface area is 63.9 Å². The van der Waals surface area contributed by atoms with E-state index >= 15 is 0 Å². The molecule has 0 radical (unpaired) electrons. The molecular formula is C9H8FN. The van der Waals surface area contributed by atoms with Gasteiger partial charge in [0.15, 0.2) is 5.95 Å². The zero-order valence-electron chi connectivity index (χ0n) is 6.19. The van der Waals surface area contributed by atoms with Crippen LogP contribution >= 0.6 is 0 Å². The van der Waals surface area contributed by atoms with Crippen LogP contribution in [-0.4, -0.2) is 4.98 Å². The van der Waals surface area contributed by atoms with E-state index < -0.39 is 0 Å². The van der Waals surface area contributed by atoms with Crippen LogP contribution in [0.4, 0.5) is 4.39 Å². The first-order chi connectivity index (χ1) is 5.25. The predicted molar refractivity (Wildman–Crippen MR) is 43.0 cm³/mol. The van der Waals surface area contributed by atoms with Crippen LogP contribution in [0.2, 0.25) is 0 Å². The molecule has 0 bridgehead atoms. The second-order valence-electron chi connectivity index (χ2n) is 2.71. The standard InChI is InChI=1S/C9H8FN/c1-6-2-3-8-7(4-6)5-9(10)11-8/h2-5,11H,1H3. The molecule has 0 fully saturated rings. The zero-order chi connectivity index (χ0) is 7.84. The van der Waals surface area contributed by atoms with Gasteiger partial charge in [0.2, 0.25) is 0 Å². The molecule has 1 nitrogen and oxygen atoms in total. The highest BCUT2D eigenvalue weighted by atomic mass is 19.1. The maximum Gasteiger partial charge on any atom is 0.192 e. The van der Waals surface area contributed by atoms with Gasteiger partial charge in [0, 0.05) is 17.0 Å². The number of aromatic nitrogens is 1. The first-order valence-electron chi connectivity index (χ1n) is 3.50. The second kappa shape index (κ2) is 2.09. The summed E-state index contributed by atoms with van der Waals surface area (Å²) in [6.07, 6.45) is 0. The minimum atomic E-state index is -0.273. The Morgan fingerprint density at radius 1 is 1.27 bits per heavy atom. The highest BCUT2D eigenvalue weighted by molar-refractivity contribution is 5.80. The summed E-state index contributed by atoms with van der Waals surface area (Å²) in [6, 6.07) is 7.29. The summed E-state index contributed by atoms with van der Waals surface area (Å²) in [5, 5.41) is 0.933. The third-order valence-corrected chi connectivity index (χ3v) is 1.74. The average Bonchev–Trinajstić information content (AvgIpc) is 2.27. The number of H-pyrrole nitrogens is 1. The minimum Gasteiger partial charge on any atom is -0.331 e. The van der Waals surface area contributed by atoms with Gasteiger partial charge in [0.05, 0.1) is 0 Å². The lowest BCUT2D eigenvalue weighted by Gasteiger charge is -1.90. The molecule has 0 unspecified atom stereocenters. The highest BCUT2D eigenvalue weighted by Gasteiger charge is 1.97. The molecule has 0 saturated heterocycles. The van der Waals surface area contributed by atoms with E-state index in [-0.39, 0.29) is 5.95 Å². The predicted octanol–water partition coefficient (Wildman–Crippen LogP) is 2.62. The Kier molecular flexibility index (Phi) is 1.22. The summed E-state index contributed by atoms with van der Waals surface area (Å²) in [7, 11) is 0. The molecule has 0 atom stereocenters. The Morgan fingerprint density at radius 3 is 2.91 bits per heavy atom. The summed E-state index contributed by atoms with van der Waals surface area (Å²) < 4.78 is 12.6. The van der Waals surface area contributed by atoms with Gasteiger partial charge in [0.1, 0.15) is 0 Å². The van der Waals surface area contributed by atoms with Crippen molar-refractivity contribution in [3.8, 4) is 0 Å². The monoisotopic (exact) mass is 149 g/mol. The number of hydrogen-bond donors (Lipinski definition) is 1. The van der Waals surface area contributed by atoms with Gasteiger partial charge < -0.3 is 4.98 Å². The minimum absolute atomic E-state index is 0.273. The Bertz CT molecular complexity index is 389. The summed E-state index contributed by atoms with van der Waals surface area (Å²) in [5.41, 5.74) is 2.00. The van der Waals surface area contributed by atoms with E-state index in [2.05, 4.69) is 4.98 Å². The molecule has 56 valence electrons. The number of fused-ring (bicyclic) bond motifs is 1. The van der Waals surface area contributed by atoms with Gasteiger partial charge in [-0.2, -0.15) is 4.39 Å². The van der Waals surface area contributed by atoms with E-state index in [1.807, 2.05) is 25.1 Å². The SMILES string of the molecule is Cc1ccc2[nH]c(F)cc2c1. The van der Waals surface area contributed by atoms with Gasteiger partial charge in [-0.25, -0.2) is 0 Å². The fourth-order valence-electron chi connectivity index (χ4n) is 1.22. The van der Waals surface area contributed by atoms with Gasteiger partial charge in [-0.1, -0.05) is 11.6 Å². The molecule has 2 aromatic rings. The van der Waals surface area contributed by atoms with Crippen molar-refractivity contribution in [2.24, 2.45) is 0 Å². The molecule has 0 aliphatic heterocycles. The molecular weight excluding hydrogens is 141 g/mol. The second-order valence-corrected chi connectivity index (χ2v) is 2.71. The maximum absolute atomic E-state index is 12.6. The number of benzene rings is 1. The van der Waals surface area contributed by atoms with Crippen molar-refractivity contribution in [2.75, 3.05) is 0 Å². The van der Waals surface area contributed by atoms with Crippen LogP contribution in [0.5, 0.6) is 0 Å². The molecule has 0 saturated carbocycles. The molecule has 1 N–H and O–H groups in total. The summed E-state index contributed by atoms with van der Waals surface area (Å²) in [5.74, 6) is -0.273.